The first-order chi connectivity index (χ1) is 9.93. The van der Waals surface area contributed by atoms with Crippen molar-refractivity contribution in [2.45, 2.75) is 0 Å². The van der Waals surface area contributed by atoms with E-state index in [-0.39, 0.29) is 0 Å². The summed E-state index contributed by atoms with van der Waals surface area (Å²) >= 11 is 2.16. The topological polar surface area (TPSA) is 0 Å². The molecule has 4 rings (SSSR count). The van der Waals surface area contributed by atoms with Crippen molar-refractivity contribution in [3.63, 3.8) is 0 Å². The van der Waals surface area contributed by atoms with Gasteiger partial charge in [-0.1, -0.05) is 0 Å². The van der Waals surface area contributed by atoms with Gasteiger partial charge in [-0.15, -0.1) is 0 Å². The van der Waals surface area contributed by atoms with Crippen LogP contribution in [0.3, 0.4) is 0 Å². The molecule has 0 spiro atoms. The van der Waals surface area contributed by atoms with Gasteiger partial charge in [0.15, 0.2) is 0 Å². The van der Waals surface area contributed by atoms with Gasteiger partial charge in [-0.3, -0.25) is 0 Å². The van der Waals surface area contributed by atoms with Gasteiger partial charge in [0.25, 0.3) is 0 Å². The molecule has 4 aromatic heterocycles. The molecule has 0 N–H and O–H groups in total. The van der Waals surface area contributed by atoms with Crippen molar-refractivity contribution in [2.75, 3.05) is 0 Å². The molecule has 4 aromatic rings. The number of hydrogen-bond donors (Lipinski definition) is 0. The Labute approximate surface area is 142 Å². The van der Waals surface area contributed by atoms with Crippen molar-refractivity contribution in [3.05, 3.63) is 56.2 Å². The third-order valence-electron chi connectivity index (χ3n) is 3.11. The molecule has 4 heterocycles. The number of rotatable bonds is 3. The number of hydrogen-bond acceptors (Lipinski definition) is 0. The third kappa shape index (κ3) is 2.46. The van der Waals surface area contributed by atoms with Crippen LogP contribution >= 0.6 is 0 Å². The summed E-state index contributed by atoms with van der Waals surface area (Å²) < 4.78 is 6.45. The molecule has 98 valence electrons. The van der Waals surface area contributed by atoms with Crippen LogP contribution in [0.1, 0.15) is 0 Å². The summed E-state index contributed by atoms with van der Waals surface area (Å²) in [5, 5.41) is 0. The first kappa shape index (κ1) is 13.6. The second-order valence-electron chi connectivity index (χ2n) is 4.28. The van der Waals surface area contributed by atoms with E-state index < -0.39 is 0 Å². The van der Waals surface area contributed by atoms with Crippen LogP contribution in [0.25, 0.3) is 28.9 Å². The second kappa shape index (κ2) is 6.01. The Morgan fingerprint density at radius 3 is 1.85 bits per heavy atom. The minimum atomic E-state index is 0.514. The van der Waals surface area contributed by atoms with Crippen molar-refractivity contribution in [2.24, 2.45) is 0 Å². The Morgan fingerprint density at radius 2 is 1.15 bits per heavy atom. The second-order valence-corrected chi connectivity index (χ2v) is 12.1. The summed E-state index contributed by atoms with van der Waals surface area (Å²) in [5.41, 5.74) is 3.09. The fraction of sp³-hybridized carbons (Fsp3) is 0. The average Bonchev–Trinajstić information content (AvgIpc) is 3.23. The van der Waals surface area contributed by atoms with Crippen molar-refractivity contribution in [3.8, 4) is 28.9 Å². The molecule has 0 aromatic carbocycles. The minimum absolute atomic E-state index is 0.514. The van der Waals surface area contributed by atoms with Crippen molar-refractivity contribution in [1.29, 1.82) is 0 Å². The van der Waals surface area contributed by atoms with Gasteiger partial charge in [-0.2, -0.15) is 0 Å². The Hall–Kier alpha value is -0.00208. The Morgan fingerprint density at radius 1 is 0.500 bits per heavy atom. The molecule has 0 fully saturated rings. The first-order valence-electron chi connectivity index (χ1n) is 6.16. The predicted molar refractivity (Wildman–Crippen MR) is 90.5 cm³/mol. The van der Waals surface area contributed by atoms with E-state index in [1.165, 1.54) is 5.56 Å². The Bertz CT molecular complexity index is 730. The summed E-state index contributed by atoms with van der Waals surface area (Å²) in [4.78, 5) is 9.45. The summed E-state index contributed by atoms with van der Waals surface area (Å²) in [7, 11) is 0. The summed E-state index contributed by atoms with van der Waals surface area (Å²) in [5.74, 6) is 0. The summed E-state index contributed by atoms with van der Waals surface area (Å²) in [6, 6.07) is 13.9. The van der Waals surface area contributed by atoms with Crippen LogP contribution in [-0.2, 0) is 0 Å². The quantitative estimate of drug-likeness (QED) is 0.367. The van der Waals surface area contributed by atoms with Gasteiger partial charge < -0.3 is 0 Å². The average molecular weight is 518 g/mol. The van der Waals surface area contributed by atoms with E-state index in [4.69, 9.17) is 0 Å². The van der Waals surface area contributed by atoms with Crippen LogP contribution in [0.4, 0.5) is 0 Å². The van der Waals surface area contributed by atoms with Gasteiger partial charge in [0.05, 0.1) is 0 Å². The Balaban J connectivity index is 1.88. The first-order valence-corrected chi connectivity index (χ1v) is 13.5. The van der Waals surface area contributed by atoms with Gasteiger partial charge >= 0.3 is 143 Å². The third-order valence-corrected chi connectivity index (χ3v) is 11.5. The van der Waals surface area contributed by atoms with Crippen LogP contribution in [0.5, 0.6) is 0 Å². The molecule has 0 atom stereocenters. The molecule has 0 aliphatic rings. The molecule has 0 bridgehead atoms. The standard InChI is InChI=1S/C16H10Se4/c1-3-13(17-7-1)11-5-9-19-15(11)12-6-10-20-16(12)14-4-2-8-18-14/h1-10H. The van der Waals surface area contributed by atoms with Crippen LogP contribution in [0.2, 0.25) is 0 Å². The van der Waals surface area contributed by atoms with E-state index in [9.17, 15) is 0 Å². The molecule has 0 aliphatic carbocycles. The molecule has 0 aliphatic heterocycles. The van der Waals surface area contributed by atoms with Crippen LogP contribution < -0.4 is 0 Å². The zero-order valence-corrected chi connectivity index (χ0v) is 17.3. The SMILES string of the molecule is c1c[se]c(-c2cc[se]c2-c2cc[se]c2-c2ccc[se]2)c1. The molecule has 0 amide bonds. The van der Waals surface area contributed by atoms with E-state index in [0.717, 1.165) is 0 Å². The fourth-order valence-corrected chi connectivity index (χ4v) is 10.6. The van der Waals surface area contributed by atoms with E-state index in [0.29, 0.717) is 58.0 Å². The van der Waals surface area contributed by atoms with Gasteiger partial charge in [0, 0.05) is 0 Å². The summed E-state index contributed by atoms with van der Waals surface area (Å²) in [6.45, 7) is 0. The molecule has 0 unspecified atom stereocenters. The Kier molecular flexibility index (Phi) is 4.10. The monoisotopic (exact) mass is 522 g/mol. The molecular formula is C16H10Se4. The van der Waals surface area contributed by atoms with E-state index in [1.807, 2.05) is 0 Å². The van der Waals surface area contributed by atoms with E-state index in [1.54, 1.807) is 23.3 Å². The molecule has 0 saturated heterocycles. The van der Waals surface area contributed by atoms with Crippen LogP contribution in [0.15, 0.2) is 56.2 Å². The molecule has 4 heteroatoms. The van der Waals surface area contributed by atoms with E-state index >= 15 is 0 Å². The van der Waals surface area contributed by atoms with Crippen LogP contribution in [-0.4, -0.2) is 58.0 Å². The van der Waals surface area contributed by atoms with Gasteiger partial charge in [0.1, 0.15) is 0 Å². The normalized spacial score (nSPS) is 11.0. The molecule has 0 radical (unpaired) electrons. The van der Waals surface area contributed by atoms with Crippen molar-refractivity contribution in [1.82, 2.24) is 0 Å². The summed E-state index contributed by atoms with van der Waals surface area (Å²) in [6.07, 6.45) is 0. The van der Waals surface area contributed by atoms with Gasteiger partial charge in [0.2, 0.25) is 0 Å². The van der Waals surface area contributed by atoms with Gasteiger partial charge in [-0.25, -0.2) is 0 Å². The predicted octanol–water partition coefficient (Wildman–Crippen LogP) is 2.92. The molecular weight excluding hydrogens is 508 g/mol. The molecule has 0 nitrogen and oxygen atoms in total. The van der Waals surface area contributed by atoms with Crippen LogP contribution in [0, 0.1) is 0 Å². The maximum absolute atomic E-state index is 2.40. The van der Waals surface area contributed by atoms with Gasteiger partial charge in [-0.05, 0) is 0 Å². The zero-order chi connectivity index (χ0) is 13.4. The van der Waals surface area contributed by atoms with Crippen molar-refractivity contribution < 1.29 is 0 Å². The van der Waals surface area contributed by atoms with E-state index in [2.05, 4.69) is 56.2 Å². The zero-order valence-electron chi connectivity index (χ0n) is 10.4. The maximum atomic E-state index is 2.40. The fourth-order valence-electron chi connectivity index (χ4n) is 2.23. The molecule has 20 heavy (non-hydrogen) atoms. The van der Waals surface area contributed by atoms with Crippen molar-refractivity contribution >= 4 is 58.0 Å². The molecule has 0 saturated carbocycles.